The number of ether oxygens (including phenoxy) is 1. The largest absolute Gasteiger partial charge is 0.459 e. The quantitative estimate of drug-likeness (QED) is 0.413. The predicted molar refractivity (Wildman–Crippen MR) is 112 cm³/mol. The number of nitrogens with one attached hydrogen (secondary N) is 2. The summed E-state index contributed by atoms with van der Waals surface area (Å²) in [6.07, 6.45) is 1.41. The summed E-state index contributed by atoms with van der Waals surface area (Å²) in [6.45, 7) is 0. The number of halogens is 1. The molecule has 0 aliphatic rings. The molecule has 0 saturated carbocycles. The third-order valence-electron chi connectivity index (χ3n) is 3.96. The van der Waals surface area contributed by atoms with E-state index in [0.29, 0.717) is 27.1 Å². The smallest absolute Gasteiger partial charge is 0.291 e. The van der Waals surface area contributed by atoms with Gasteiger partial charge in [-0.3, -0.25) is 9.59 Å². The Bertz CT molecular complexity index is 1170. The number of amides is 2. The number of carbonyl (C=O) groups is 2. The second kappa shape index (κ2) is 8.62. The Morgan fingerprint density at radius 2 is 1.70 bits per heavy atom. The van der Waals surface area contributed by atoms with Gasteiger partial charge in [0.15, 0.2) is 5.76 Å². The number of benzene rings is 2. The molecule has 150 valence electrons. The third kappa shape index (κ3) is 4.73. The summed E-state index contributed by atoms with van der Waals surface area (Å²) in [5, 5.41) is 5.99. The fourth-order valence-electron chi connectivity index (χ4n) is 2.57. The van der Waals surface area contributed by atoms with Gasteiger partial charge in [-0.05, 0) is 60.7 Å². The number of thiophene rings is 1. The van der Waals surface area contributed by atoms with Crippen molar-refractivity contribution < 1.29 is 23.1 Å². The molecule has 0 radical (unpaired) electrons. The van der Waals surface area contributed by atoms with Crippen molar-refractivity contribution in [1.29, 1.82) is 0 Å². The van der Waals surface area contributed by atoms with Gasteiger partial charge in [-0.25, -0.2) is 4.39 Å². The number of furan rings is 1. The lowest BCUT2D eigenvalue weighted by Gasteiger charge is -2.07. The molecule has 0 spiro atoms. The highest BCUT2D eigenvalue weighted by atomic mass is 32.1. The summed E-state index contributed by atoms with van der Waals surface area (Å²) in [4.78, 5) is 24.9. The highest BCUT2D eigenvalue weighted by Crippen LogP contribution is 2.26. The minimum atomic E-state index is -0.386. The zero-order valence-corrected chi connectivity index (χ0v) is 16.2. The molecular weight excluding hydrogens is 407 g/mol. The maximum absolute atomic E-state index is 13.2. The highest BCUT2D eigenvalue weighted by molar-refractivity contribution is 7.18. The van der Waals surface area contributed by atoms with Crippen LogP contribution in [-0.4, -0.2) is 11.8 Å². The topological polar surface area (TPSA) is 80.6 Å². The number of anilines is 2. The Hall–Kier alpha value is -3.91. The maximum atomic E-state index is 13.2. The van der Waals surface area contributed by atoms with Crippen LogP contribution in [0.3, 0.4) is 0 Å². The van der Waals surface area contributed by atoms with Crippen molar-refractivity contribution in [3.63, 3.8) is 0 Å². The second-order valence-corrected chi connectivity index (χ2v) is 7.22. The van der Waals surface area contributed by atoms with Crippen molar-refractivity contribution in [2.24, 2.45) is 0 Å². The maximum Gasteiger partial charge on any atom is 0.291 e. The summed E-state index contributed by atoms with van der Waals surface area (Å²) in [5.74, 6) is 0.00846. The van der Waals surface area contributed by atoms with E-state index in [1.165, 1.54) is 18.4 Å². The average molecular weight is 422 g/mol. The van der Waals surface area contributed by atoms with Gasteiger partial charge in [-0.2, -0.15) is 0 Å². The Morgan fingerprint density at radius 1 is 0.867 bits per heavy atom. The zero-order valence-electron chi connectivity index (χ0n) is 15.4. The molecule has 0 saturated heterocycles. The first-order valence-corrected chi connectivity index (χ1v) is 9.68. The predicted octanol–water partition coefficient (Wildman–Crippen LogP) is 5.78. The molecule has 2 heterocycles. The van der Waals surface area contributed by atoms with Gasteiger partial charge in [0.1, 0.15) is 17.3 Å². The molecule has 6 nitrogen and oxygen atoms in total. The van der Waals surface area contributed by atoms with Crippen LogP contribution >= 0.6 is 11.3 Å². The standard InChI is InChI=1S/C22H15FN2O4S/c23-14-3-1-4-17(13-14)29-16-8-6-15(7-9-16)24-22(27)19-10-11-20(30-19)25-21(26)18-5-2-12-28-18/h1-13H,(H,24,27)(H,25,26). The van der Waals surface area contributed by atoms with Crippen molar-refractivity contribution in [1.82, 2.24) is 0 Å². The molecule has 0 unspecified atom stereocenters. The highest BCUT2D eigenvalue weighted by Gasteiger charge is 2.13. The van der Waals surface area contributed by atoms with Gasteiger partial charge in [0, 0.05) is 11.8 Å². The van der Waals surface area contributed by atoms with Crippen LogP contribution in [0.2, 0.25) is 0 Å². The first-order chi connectivity index (χ1) is 14.6. The first kappa shape index (κ1) is 19.4. The monoisotopic (exact) mass is 422 g/mol. The summed E-state index contributed by atoms with van der Waals surface area (Å²) in [5.41, 5.74) is 0.571. The SMILES string of the molecule is O=C(Nc1ccc(C(=O)Nc2ccc(Oc3cccc(F)c3)cc2)s1)c1ccco1. The van der Waals surface area contributed by atoms with Crippen LogP contribution in [0.15, 0.2) is 83.5 Å². The molecule has 4 aromatic rings. The Labute approximate surface area is 174 Å². The van der Waals surface area contributed by atoms with E-state index in [1.807, 2.05) is 0 Å². The van der Waals surface area contributed by atoms with Crippen LogP contribution in [0.25, 0.3) is 0 Å². The fourth-order valence-corrected chi connectivity index (χ4v) is 3.37. The molecule has 8 heteroatoms. The van der Waals surface area contributed by atoms with E-state index in [2.05, 4.69) is 10.6 Å². The van der Waals surface area contributed by atoms with E-state index < -0.39 is 0 Å². The van der Waals surface area contributed by atoms with E-state index >= 15 is 0 Å². The van der Waals surface area contributed by atoms with Crippen LogP contribution in [0.5, 0.6) is 11.5 Å². The van der Waals surface area contributed by atoms with Crippen molar-refractivity contribution in [2.45, 2.75) is 0 Å². The summed E-state index contributed by atoms with van der Waals surface area (Å²) in [7, 11) is 0. The van der Waals surface area contributed by atoms with Crippen molar-refractivity contribution in [3.8, 4) is 11.5 Å². The first-order valence-electron chi connectivity index (χ1n) is 8.86. The van der Waals surface area contributed by atoms with Gasteiger partial charge in [0.05, 0.1) is 16.1 Å². The molecule has 0 aliphatic carbocycles. The molecule has 2 amide bonds. The van der Waals surface area contributed by atoms with E-state index in [1.54, 1.807) is 60.7 Å². The lowest BCUT2D eigenvalue weighted by Crippen LogP contribution is -2.10. The Kier molecular flexibility index (Phi) is 5.58. The fraction of sp³-hybridized carbons (Fsp3) is 0. The van der Waals surface area contributed by atoms with Crippen molar-refractivity contribution >= 4 is 33.8 Å². The van der Waals surface area contributed by atoms with Crippen LogP contribution in [-0.2, 0) is 0 Å². The van der Waals surface area contributed by atoms with Crippen LogP contribution in [0.4, 0.5) is 15.1 Å². The third-order valence-corrected chi connectivity index (χ3v) is 4.95. The van der Waals surface area contributed by atoms with Crippen LogP contribution in [0.1, 0.15) is 20.2 Å². The molecule has 0 atom stereocenters. The molecule has 30 heavy (non-hydrogen) atoms. The number of hydrogen-bond donors (Lipinski definition) is 2. The van der Waals surface area contributed by atoms with Gasteiger partial charge in [0.25, 0.3) is 11.8 Å². The average Bonchev–Trinajstić information content (AvgIpc) is 3.42. The van der Waals surface area contributed by atoms with Crippen molar-refractivity contribution in [3.05, 3.63) is 95.5 Å². The summed E-state index contributed by atoms with van der Waals surface area (Å²) in [6, 6.07) is 19.0. The van der Waals surface area contributed by atoms with E-state index in [-0.39, 0.29) is 23.4 Å². The Morgan fingerprint density at radius 3 is 2.43 bits per heavy atom. The molecule has 0 aliphatic heterocycles. The van der Waals surface area contributed by atoms with Crippen molar-refractivity contribution in [2.75, 3.05) is 10.6 Å². The van der Waals surface area contributed by atoms with Gasteiger partial charge in [0.2, 0.25) is 0 Å². The number of carbonyl (C=O) groups excluding carboxylic acids is 2. The molecular formula is C22H15FN2O4S. The molecule has 2 aromatic heterocycles. The minimum absolute atomic E-state index is 0.190. The van der Waals surface area contributed by atoms with E-state index in [4.69, 9.17) is 9.15 Å². The van der Waals surface area contributed by atoms with E-state index in [0.717, 1.165) is 11.3 Å². The minimum Gasteiger partial charge on any atom is -0.459 e. The molecule has 0 bridgehead atoms. The van der Waals surface area contributed by atoms with Gasteiger partial charge >= 0.3 is 0 Å². The number of rotatable bonds is 6. The molecule has 4 rings (SSSR count). The van der Waals surface area contributed by atoms with Gasteiger partial charge < -0.3 is 19.8 Å². The van der Waals surface area contributed by atoms with Gasteiger partial charge in [-0.15, -0.1) is 11.3 Å². The zero-order chi connectivity index (χ0) is 20.9. The Balaban J connectivity index is 1.36. The number of hydrogen-bond acceptors (Lipinski definition) is 5. The van der Waals surface area contributed by atoms with Gasteiger partial charge in [-0.1, -0.05) is 6.07 Å². The van der Waals surface area contributed by atoms with Crippen LogP contribution in [0, 0.1) is 5.82 Å². The normalized spacial score (nSPS) is 10.4. The second-order valence-electron chi connectivity index (χ2n) is 6.13. The van der Waals surface area contributed by atoms with Crippen LogP contribution < -0.4 is 15.4 Å². The summed E-state index contributed by atoms with van der Waals surface area (Å²) < 4.78 is 23.8. The molecule has 2 N–H and O–H groups in total. The molecule has 0 fully saturated rings. The lowest BCUT2D eigenvalue weighted by molar-refractivity contribution is 0.0995. The summed E-state index contributed by atoms with van der Waals surface area (Å²) >= 11 is 1.15. The lowest BCUT2D eigenvalue weighted by atomic mass is 10.3. The van der Waals surface area contributed by atoms with E-state index in [9.17, 15) is 14.0 Å². The molecule has 2 aromatic carbocycles.